The molecule has 1 aliphatic rings. The second-order valence-corrected chi connectivity index (χ2v) is 9.88. The molecule has 0 radical (unpaired) electrons. The van der Waals surface area contributed by atoms with Crippen LogP contribution in [-0.2, 0) is 14.3 Å². The van der Waals surface area contributed by atoms with Crippen LogP contribution >= 0.6 is 0 Å². The second-order valence-electron chi connectivity index (χ2n) is 9.88. The van der Waals surface area contributed by atoms with Gasteiger partial charge in [-0.3, -0.25) is 4.79 Å². The predicted octanol–water partition coefficient (Wildman–Crippen LogP) is 4.56. The lowest BCUT2D eigenvalue weighted by molar-refractivity contribution is -0.146. The average Bonchev–Trinajstić information content (AvgIpc) is 3.09. The van der Waals surface area contributed by atoms with E-state index >= 15 is 0 Å². The molecule has 182 valence electrons. The number of nitrogens with one attached hydrogen (secondary N) is 2. The highest BCUT2D eigenvalue weighted by molar-refractivity contribution is 5.86. The van der Waals surface area contributed by atoms with Crippen LogP contribution in [0.25, 0.3) is 11.1 Å². The Bertz CT molecular complexity index is 1000. The van der Waals surface area contributed by atoms with E-state index in [1.165, 1.54) is 25.0 Å². The maximum atomic E-state index is 12.5. The molecule has 2 aromatic carbocycles. The lowest BCUT2D eigenvalue weighted by atomic mass is 9.93. The molecule has 0 aliphatic heterocycles. The third kappa shape index (κ3) is 6.16. The first kappa shape index (κ1) is 25.3. The molecule has 2 amide bonds. The van der Waals surface area contributed by atoms with Gasteiger partial charge in [0, 0.05) is 18.9 Å². The molecule has 0 spiro atoms. The minimum absolute atomic E-state index is 0.0198. The van der Waals surface area contributed by atoms with Crippen LogP contribution in [-0.4, -0.2) is 41.8 Å². The molecule has 1 aliphatic carbocycles. The van der Waals surface area contributed by atoms with Gasteiger partial charge in [-0.1, -0.05) is 62.4 Å². The molecular formula is C27H34N2O5. The van der Waals surface area contributed by atoms with Crippen molar-refractivity contribution in [3.8, 4) is 11.1 Å². The molecule has 0 bridgehead atoms. The van der Waals surface area contributed by atoms with Crippen molar-refractivity contribution in [3.05, 3.63) is 59.7 Å². The van der Waals surface area contributed by atoms with Gasteiger partial charge in [-0.2, -0.15) is 0 Å². The van der Waals surface area contributed by atoms with Gasteiger partial charge in [0.1, 0.15) is 12.1 Å². The Morgan fingerprint density at radius 2 is 1.56 bits per heavy atom. The van der Waals surface area contributed by atoms with Crippen LogP contribution in [0.5, 0.6) is 0 Å². The Kier molecular flexibility index (Phi) is 7.97. The van der Waals surface area contributed by atoms with E-state index in [2.05, 4.69) is 34.9 Å². The Hall–Kier alpha value is -3.35. The van der Waals surface area contributed by atoms with Gasteiger partial charge in [-0.25, -0.2) is 9.59 Å². The molecule has 1 atom stereocenters. The summed E-state index contributed by atoms with van der Waals surface area (Å²) in [5.41, 5.74) is 3.28. The zero-order valence-corrected chi connectivity index (χ0v) is 20.3. The number of fused-ring (bicyclic) bond motifs is 3. The summed E-state index contributed by atoms with van der Waals surface area (Å²) in [5, 5.41) is 14.6. The van der Waals surface area contributed by atoms with E-state index < -0.39 is 17.6 Å². The zero-order valence-electron chi connectivity index (χ0n) is 20.3. The Balaban J connectivity index is 1.56. The van der Waals surface area contributed by atoms with Crippen molar-refractivity contribution in [2.75, 3.05) is 13.2 Å². The third-order valence-corrected chi connectivity index (χ3v) is 6.14. The molecule has 0 fully saturated rings. The second kappa shape index (κ2) is 10.7. The minimum Gasteiger partial charge on any atom is -0.480 e. The van der Waals surface area contributed by atoms with E-state index in [9.17, 15) is 19.5 Å². The third-order valence-electron chi connectivity index (χ3n) is 6.14. The van der Waals surface area contributed by atoms with Crippen molar-refractivity contribution in [1.29, 1.82) is 0 Å². The van der Waals surface area contributed by atoms with Gasteiger partial charge >= 0.3 is 12.1 Å². The number of carboxylic acids is 1. The lowest BCUT2D eigenvalue weighted by Crippen LogP contribution is -2.50. The molecule has 3 N–H and O–H groups in total. The van der Waals surface area contributed by atoms with Gasteiger partial charge in [0.2, 0.25) is 5.91 Å². The highest BCUT2D eigenvalue weighted by Gasteiger charge is 2.31. The summed E-state index contributed by atoms with van der Waals surface area (Å²) < 4.78 is 5.58. The highest BCUT2D eigenvalue weighted by Crippen LogP contribution is 2.44. The average molecular weight is 467 g/mol. The first-order valence-electron chi connectivity index (χ1n) is 11.7. The summed E-state index contributed by atoms with van der Waals surface area (Å²) >= 11 is 0. The van der Waals surface area contributed by atoms with Crippen molar-refractivity contribution < 1.29 is 24.2 Å². The van der Waals surface area contributed by atoms with Crippen molar-refractivity contribution >= 4 is 18.0 Å². The fourth-order valence-corrected chi connectivity index (χ4v) is 4.50. The molecule has 2 aromatic rings. The quantitative estimate of drug-likeness (QED) is 0.476. The number of carbonyl (C=O) groups is 3. The Morgan fingerprint density at radius 3 is 2.09 bits per heavy atom. The fourth-order valence-electron chi connectivity index (χ4n) is 4.50. The molecule has 0 aromatic heterocycles. The molecule has 3 rings (SSSR count). The molecule has 0 heterocycles. The Labute approximate surface area is 200 Å². The molecule has 0 unspecified atom stereocenters. The SMILES string of the molecule is CC(C)C[C@H](CNC(=O)OCC1c2ccccc2-c2ccccc21)CC(=O)NC(C)(C)C(=O)O. The largest absolute Gasteiger partial charge is 0.480 e. The van der Waals surface area contributed by atoms with Crippen LogP contribution in [0.15, 0.2) is 48.5 Å². The monoisotopic (exact) mass is 466 g/mol. The van der Waals surface area contributed by atoms with Crippen molar-refractivity contribution in [1.82, 2.24) is 10.6 Å². The number of carbonyl (C=O) groups excluding carboxylic acids is 2. The number of hydrogen-bond acceptors (Lipinski definition) is 4. The lowest BCUT2D eigenvalue weighted by Gasteiger charge is -2.24. The Morgan fingerprint density at radius 1 is 1.00 bits per heavy atom. The maximum absolute atomic E-state index is 12.5. The predicted molar refractivity (Wildman–Crippen MR) is 130 cm³/mol. The number of aliphatic carboxylic acids is 1. The molecule has 0 saturated carbocycles. The van der Waals surface area contributed by atoms with E-state index in [0.29, 0.717) is 12.3 Å². The number of alkyl carbamates (subject to hydrolysis) is 1. The maximum Gasteiger partial charge on any atom is 0.407 e. The normalized spacial score (nSPS) is 13.7. The summed E-state index contributed by atoms with van der Waals surface area (Å²) in [6, 6.07) is 16.3. The van der Waals surface area contributed by atoms with Gasteiger partial charge < -0.3 is 20.5 Å². The zero-order chi connectivity index (χ0) is 24.9. The summed E-state index contributed by atoms with van der Waals surface area (Å²) in [7, 11) is 0. The van der Waals surface area contributed by atoms with Crippen molar-refractivity contribution in [2.24, 2.45) is 11.8 Å². The topological polar surface area (TPSA) is 105 Å². The smallest absolute Gasteiger partial charge is 0.407 e. The van der Waals surface area contributed by atoms with Crippen LogP contribution in [0.3, 0.4) is 0 Å². The van der Waals surface area contributed by atoms with Gasteiger partial charge in [0.25, 0.3) is 0 Å². The number of amides is 2. The van der Waals surface area contributed by atoms with Crippen molar-refractivity contribution in [2.45, 2.75) is 52.0 Å². The fraction of sp³-hybridized carbons (Fsp3) is 0.444. The van der Waals surface area contributed by atoms with Crippen molar-refractivity contribution in [3.63, 3.8) is 0 Å². The van der Waals surface area contributed by atoms with Gasteiger partial charge in [-0.15, -0.1) is 0 Å². The molecule has 34 heavy (non-hydrogen) atoms. The van der Waals surface area contributed by atoms with Crippen LogP contribution in [0.4, 0.5) is 4.79 Å². The summed E-state index contributed by atoms with van der Waals surface area (Å²) in [6.07, 6.45) is 0.310. The van der Waals surface area contributed by atoms with E-state index in [-0.39, 0.29) is 37.3 Å². The van der Waals surface area contributed by atoms with Gasteiger partial charge in [-0.05, 0) is 54.4 Å². The first-order chi connectivity index (χ1) is 16.1. The van der Waals surface area contributed by atoms with Crippen LogP contribution in [0.2, 0.25) is 0 Å². The van der Waals surface area contributed by atoms with Crippen LogP contribution < -0.4 is 10.6 Å². The van der Waals surface area contributed by atoms with Crippen LogP contribution in [0.1, 0.15) is 57.6 Å². The van der Waals surface area contributed by atoms with E-state index in [4.69, 9.17) is 4.74 Å². The van der Waals surface area contributed by atoms with Crippen LogP contribution in [0, 0.1) is 11.8 Å². The number of ether oxygens (including phenoxy) is 1. The van der Waals surface area contributed by atoms with Gasteiger partial charge in [0.05, 0.1) is 0 Å². The number of benzene rings is 2. The molecule has 7 nitrogen and oxygen atoms in total. The number of hydrogen-bond donors (Lipinski definition) is 3. The molecular weight excluding hydrogens is 432 g/mol. The number of carboxylic acid groups (broad SMARTS) is 1. The minimum atomic E-state index is -1.35. The standard InChI is InChI=1S/C27H34N2O5/c1-17(2)13-18(14-24(30)29-27(3,4)25(31)32)15-28-26(33)34-16-23-21-11-7-5-9-19(21)20-10-6-8-12-22(20)23/h5-12,17-18,23H,13-16H2,1-4H3,(H,28,33)(H,29,30)(H,31,32)/t18-/m0/s1. The highest BCUT2D eigenvalue weighted by atomic mass is 16.5. The van der Waals surface area contributed by atoms with E-state index in [1.807, 2.05) is 38.1 Å². The summed E-state index contributed by atoms with van der Waals surface area (Å²) in [4.78, 5) is 36.2. The van der Waals surface area contributed by atoms with E-state index in [1.54, 1.807) is 0 Å². The summed E-state index contributed by atoms with van der Waals surface area (Å²) in [5.74, 6) is -1.29. The number of rotatable bonds is 10. The summed E-state index contributed by atoms with van der Waals surface area (Å²) in [6.45, 7) is 7.47. The van der Waals surface area contributed by atoms with E-state index in [0.717, 1.165) is 11.1 Å². The van der Waals surface area contributed by atoms with Gasteiger partial charge in [0.15, 0.2) is 0 Å². The first-order valence-corrected chi connectivity index (χ1v) is 11.7. The molecule has 7 heteroatoms. The molecule has 0 saturated heterocycles.